The summed E-state index contributed by atoms with van der Waals surface area (Å²) in [5.74, 6) is 0.555. The number of imidazole rings is 1. The molecule has 7 heteroatoms. The van der Waals surface area contributed by atoms with Gasteiger partial charge in [0.1, 0.15) is 5.75 Å². The average Bonchev–Trinajstić information content (AvgIpc) is 3.07. The van der Waals surface area contributed by atoms with Crippen LogP contribution in [0.25, 0.3) is 5.69 Å². The van der Waals surface area contributed by atoms with Crippen LogP contribution in [0.3, 0.4) is 0 Å². The number of nitrogens with one attached hydrogen (secondary N) is 2. The summed E-state index contributed by atoms with van der Waals surface area (Å²) in [6.07, 6.45) is 4.37. The molecule has 1 aliphatic rings. The smallest absolute Gasteiger partial charge is 0.251 e. The highest BCUT2D eigenvalue weighted by molar-refractivity contribution is 5.95. The minimum Gasteiger partial charge on any atom is -0.495 e. The first kappa shape index (κ1) is 19.4. The van der Waals surface area contributed by atoms with Crippen LogP contribution in [0.1, 0.15) is 36.3 Å². The van der Waals surface area contributed by atoms with Gasteiger partial charge in [-0.25, -0.2) is 4.98 Å². The van der Waals surface area contributed by atoms with E-state index in [2.05, 4.69) is 15.6 Å². The number of ether oxygens (including phenoxy) is 1. The molecule has 3 N–H and O–H groups in total. The van der Waals surface area contributed by atoms with E-state index < -0.39 is 5.60 Å². The van der Waals surface area contributed by atoms with Crippen LogP contribution in [0.15, 0.2) is 30.7 Å². The Morgan fingerprint density at radius 3 is 2.81 bits per heavy atom. The van der Waals surface area contributed by atoms with E-state index in [0.29, 0.717) is 17.9 Å². The van der Waals surface area contributed by atoms with Gasteiger partial charge in [-0.15, -0.1) is 0 Å². The predicted octanol–water partition coefficient (Wildman–Crippen LogP) is 1.67. The van der Waals surface area contributed by atoms with Crippen molar-refractivity contribution in [2.24, 2.45) is 5.92 Å². The van der Waals surface area contributed by atoms with Gasteiger partial charge in [-0.2, -0.15) is 0 Å². The van der Waals surface area contributed by atoms with Crippen molar-refractivity contribution in [2.45, 2.75) is 38.8 Å². The van der Waals surface area contributed by atoms with Gasteiger partial charge in [0.2, 0.25) is 0 Å². The first-order valence-electron chi connectivity index (χ1n) is 9.21. The molecule has 0 saturated carbocycles. The van der Waals surface area contributed by atoms with Gasteiger partial charge in [0.25, 0.3) is 5.91 Å². The SMILES string of the molecule is COc1cc(C(=O)NC2CNCC(C(C)(C)O)C2)ccc1-n1cnc(C)c1. The van der Waals surface area contributed by atoms with E-state index in [0.717, 1.165) is 24.3 Å². The Labute approximate surface area is 159 Å². The summed E-state index contributed by atoms with van der Waals surface area (Å²) in [7, 11) is 1.59. The molecule has 2 unspecified atom stereocenters. The molecule has 0 radical (unpaired) electrons. The van der Waals surface area contributed by atoms with Crippen molar-refractivity contribution >= 4 is 5.91 Å². The molecule has 0 spiro atoms. The first-order valence-corrected chi connectivity index (χ1v) is 9.21. The standard InChI is InChI=1S/C20H28N4O3/c1-13-11-24(12-22-13)17-6-5-14(7-18(17)27-4)19(25)23-16-8-15(9-21-10-16)20(2,3)26/h5-7,11-12,15-16,21,26H,8-10H2,1-4H3,(H,23,25). The van der Waals surface area contributed by atoms with Gasteiger partial charge in [-0.3, -0.25) is 4.79 Å². The summed E-state index contributed by atoms with van der Waals surface area (Å²) in [4.78, 5) is 16.9. The Morgan fingerprint density at radius 1 is 1.41 bits per heavy atom. The fraction of sp³-hybridized carbons (Fsp3) is 0.500. The first-order chi connectivity index (χ1) is 12.8. The van der Waals surface area contributed by atoms with Gasteiger partial charge in [0.05, 0.1) is 30.4 Å². The van der Waals surface area contributed by atoms with Crippen LogP contribution in [0.4, 0.5) is 0 Å². The second-order valence-electron chi connectivity index (χ2n) is 7.72. The van der Waals surface area contributed by atoms with E-state index in [1.807, 2.05) is 37.6 Å². The highest BCUT2D eigenvalue weighted by Gasteiger charge is 2.32. The maximum Gasteiger partial charge on any atom is 0.251 e. The maximum atomic E-state index is 12.7. The molecular formula is C20H28N4O3. The average molecular weight is 372 g/mol. The van der Waals surface area contributed by atoms with Crippen LogP contribution in [-0.2, 0) is 0 Å². The molecule has 0 bridgehead atoms. The lowest BCUT2D eigenvalue weighted by Crippen LogP contribution is -2.53. The van der Waals surface area contributed by atoms with Crippen molar-refractivity contribution in [3.8, 4) is 11.4 Å². The van der Waals surface area contributed by atoms with E-state index in [-0.39, 0.29) is 17.9 Å². The second-order valence-corrected chi connectivity index (χ2v) is 7.72. The fourth-order valence-corrected chi connectivity index (χ4v) is 3.44. The molecule has 3 rings (SSSR count). The van der Waals surface area contributed by atoms with Crippen molar-refractivity contribution in [3.05, 3.63) is 42.0 Å². The Hall–Kier alpha value is -2.38. The number of aryl methyl sites for hydroxylation is 1. The van der Waals surface area contributed by atoms with Gasteiger partial charge >= 0.3 is 0 Å². The van der Waals surface area contributed by atoms with Crippen LogP contribution in [0.2, 0.25) is 0 Å². The lowest BCUT2D eigenvalue weighted by Gasteiger charge is -2.37. The number of rotatable bonds is 5. The number of carbonyl (C=O) groups is 1. The van der Waals surface area contributed by atoms with Gasteiger partial charge in [-0.05, 0) is 45.4 Å². The van der Waals surface area contributed by atoms with Gasteiger partial charge in [0.15, 0.2) is 0 Å². The molecule has 1 aromatic carbocycles. The molecule has 1 aromatic heterocycles. The van der Waals surface area contributed by atoms with Crippen LogP contribution in [0.5, 0.6) is 5.75 Å². The van der Waals surface area contributed by atoms with Crippen LogP contribution >= 0.6 is 0 Å². The Kier molecular flexibility index (Phi) is 5.53. The molecule has 2 aromatic rings. The highest BCUT2D eigenvalue weighted by Crippen LogP contribution is 2.26. The number of aliphatic hydroxyl groups is 1. The van der Waals surface area contributed by atoms with Gasteiger partial charge < -0.3 is 25.0 Å². The molecule has 1 amide bonds. The molecule has 1 saturated heterocycles. The zero-order valence-corrected chi connectivity index (χ0v) is 16.3. The summed E-state index contributed by atoms with van der Waals surface area (Å²) in [6.45, 7) is 6.99. The number of hydrogen-bond acceptors (Lipinski definition) is 5. The van der Waals surface area contributed by atoms with Crippen molar-refractivity contribution in [1.29, 1.82) is 0 Å². The summed E-state index contributed by atoms with van der Waals surface area (Å²) < 4.78 is 7.35. The molecule has 146 valence electrons. The predicted molar refractivity (Wildman–Crippen MR) is 103 cm³/mol. The summed E-state index contributed by atoms with van der Waals surface area (Å²) in [5, 5.41) is 16.6. The zero-order chi connectivity index (χ0) is 19.6. The van der Waals surface area contributed by atoms with Crippen LogP contribution < -0.4 is 15.4 Å². The number of amides is 1. The van der Waals surface area contributed by atoms with E-state index in [9.17, 15) is 9.90 Å². The van der Waals surface area contributed by atoms with Crippen molar-refractivity contribution in [3.63, 3.8) is 0 Å². The number of benzene rings is 1. The third-order valence-electron chi connectivity index (χ3n) is 5.12. The number of aromatic nitrogens is 2. The fourth-order valence-electron chi connectivity index (χ4n) is 3.44. The maximum absolute atomic E-state index is 12.7. The van der Waals surface area contributed by atoms with E-state index in [1.54, 1.807) is 25.6 Å². The number of nitrogens with zero attached hydrogens (tertiary/aromatic N) is 2. The molecule has 27 heavy (non-hydrogen) atoms. The topological polar surface area (TPSA) is 88.4 Å². The Morgan fingerprint density at radius 2 is 2.19 bits per heavy atom. The summed E-state index contributed by atoms with van der Waals surface area (Å²) >= 11 is 0. The number of methoxy groups -OCH3 is 1. The normalized spacial score (nSPS) is 20.3. The quantitative estimate of drug-likeness (QED) is 0.743. The number of hydrogen-bond donors (Lipinski definition) is 3. The largest absolute Gasteiger partial charge is 0.495 e. The van der Waals surface area contributed by atoms with Crippen molar-refractivity contribution in [2.75, 3.05) is 20.2 Å². The highest BCUT2D eigenvalue weighted by atomic mass is 16.5. The van der Waals surface area contributed by atoms with Crippen LogP contribution in [0, 0.1) is 12.8 Å². The summed E-state index contributed by atoms with van der Waals surface area (Å²) in [6, 6.07) is 5.36. The third-order valence-corrected chi connectivity index (χ3v) is 5.12. The monoisotopic (exact) mass is 372 g/mol. The minimum atomic E-state index is -0.774. The van der Waals surface area contributed by atoms with Gasteiger partial charge in [-0.1, -0.05) is 0 Å². The van der Waals surface area contributed by atoms with Gasteiger partial charge in [0, 0.05) is 36.8 Å². The van der Waals surface area contributed by atoms with Crippen molar-refractivity contribution < 1.29 is 14.6 Å². The summed E-state index contributed by atoms with van der Waals surface area (Å²) in [5.41, 5.74) is 1.50. The van der Waals surface area contributed by atoms with E-state index in [4.69, 9.17) is 4.74 Å². The minimum absolute atomic E-state index is 0.0235. The molecule has 1 aliphatic heterocycles. The second kappa shape index (κ2) is 7.70. The molecule has 7 nitrogen and oxygen atoms in total. The Bertz CT molecular complexity index is 810. The van der Waals surface area contributed by atoms with E-state index >= 15 is 0 Å². The van der Waals surface area contributed by atoms with Crippen molar-refractivity contribution in [1.82, 2.24) is 20.2 Å². The molecule has 1 fully saturated rings. The van der Waals surface area contributed by atoms with E-state index in [1.165, 1.54) is 0 Å². The third kappa shape index (κ3) is 4.48. The zero-order valence-electron chi connectivity index (χ0n) is 16.3. The van der Waals surface area contributed by atoms with Crippen LogP contribution in [-0.4, -0.2) is 52.4 Å². The molecular weight excluding hydrogens is 344 g/mol. The lowest BCUT2D eigenvalue weighted by atomic mass is 9.83. The molecule has 2 heterocycles. The molecule has 0 aliphatic carbocycles. The lowest BCUT2D eigenvalue weighted by molar-refractivity contribution is 0.00148. The number of piperidine rings is 1. The number of carbonyl (C=O) groups excluding carboxylic acids is 1. The Balaban J connectivity index is 1.73. The molecule has 2 atom stereocenters.